The van der Waals surface area contributed by atoms with Crippen molar-refractivity contribution in [2.45, 2.75) is 20.3 Å². The largest absolute Gasteiger partial charge is 0.369 e. The zero-order valence-corrected chi connectivity index (χ0v) is 6.44. The first-order chi connectivity index (χ1) is 4.86. The van der Waals surface area contributed by atoms with E-state index < -0.39 is 0 Å². The lowest BCUT2D eigenvalue weighted by atomic mass is 10.3. The van der Waals surface area contributed by atoms with Crippen LogP contribution in [0.3, 0.4) is 0 Å². The van der Waals surface area contributed by atoms with E-state index in [4.69, 9.17) is 0 Å². The number of nitrogens with one attached hydrogen (secondary N) is 2. The summed E-state index contributed by atoms with van der Waals surface area (Å²) in [4.78, 5) is 0. The molecule has 0 atom stereocenters. The highest BCUT2D eigenvalue weighted by Gasteiger charge is 1.94. The third-order valence-corrected chi connectivity index (χ3v) is 1.37. The van der Waals surface area contributed by atoms with Crippen LogP contribution in [0.25, 0.3) is 0 Å². The van der Waals surface area contributed by atoms with Gasteiger partial charge in [0.2, 0.25) is 0 Å². The molecule has 1 aromatic rings. The maximum atomic E-state index is 4.04. The molecule has 0 radical (unpaired) electrons. The molecule has 2 N–H and O–H groups in total. The van der Waals surface area contributed by atoms with E-state index in [0.717, 1.165) is 18.8 Å². The quantitative estimate of drug-likeness (QED) is 0.664. The molecule has 0 aromatic carbocycles. The van der Waals surface area contributed by atoms with Crippen molar-refractivity contribution in [1.82, 2.24) is 10.2 Å². The predicted octanol–water partition coefficient (Wildman–Crippen LogP) is 1.40. The molecule has 10 heavy (non-hydrogen) atoms. The molecular formula is C7H13N3. The molecule has 0 aliphatic rings. The molecule has 0 aliphatic heterocycles. The summed E-state index contributed by atoms with van der Waals surface area (Å²) >= 11 is 0. The number of rotatable bonds is 3. The summed E-state index contributed by atoms with van der Waals surface area (Å²) in [5.74, 6) is 0.944. The first kappa shape index (κ1) is 7.12. The fourth-order valence-corrected chi connectivity index (χ4v) is 0.814. The Morgan fingerprint density at radius 1 is 1.60 bits per heavy atom. The average molecular weight is 139 g/mol. The number of aryl methyl sites for hydroxylation is 1. The van der Waals surface area contributed by atoms with Gasteiger partial charge in [-0.05, 0) is 13.3 Å². The lowest BCUT2D eigenvalue weighted by Crippen LogP contribution is -1.95. The molecule has 0 saturated heterocycles. The number of aromatic amines is 1. The molecule has 0 spiro atoms. The van der Waals surface area contributed by atoms with Gasteiger partial charge in [0.25, 0.3) is 0 Å². The number of nitrogens with zero attached hydrogens (tertiary/aromatic N) is 1. The average Bonchev–Trinajstić information content (AvgIpc) is 2.37. The van der Waals surface area contributed by atoms with Crippen molar-refractivity contribution in [2.24, 2.45) is 0 Å². The van der Waals surface area contributed by atoms with E-state index in [9.17, 15) is 0 Å². The van der Waals surface area contributed by atoms with Gasteiger partial charge in [-0.15, -0.1) is 0 Å². The van der Waals surface area contributed by atoms with Gasteiger partial charge in [-0.1, -0.05) is 6.92 Å². The van der Waals surface area contributed by atoms with Gasteiger partial charge in [0.1, 0.15) is 5.82 Å². The minimum atomic E-state index is 0.925. The SMILES string of the molecule is CCNc1cc(CC)[nH]n1. The summed E-state index contributed by atoms with van der Waals surface area (Å²) in [6.07, 6.45) is 1.01. The Labute approximate surface area is 60.8 Å². The van der Waals surface area contributed by atoms with E-state index in [1.807, 2.05) is 6.07 Å². The maximum Gasteiger partial charge on any atom is 0.148 e. The highest BCUT2D eigenvalue weighted by atomic mass is 15.2. The Hall–Kier alpha value is -0.990. The molecule has 0 saturated carbocycles. The van der Waals surface area contributed by atoms with Gasteiger partial charge in [0.05, 0.1) is 0 Å². The van der Waals surface area contributed by atoms with Crippen LogP contribution in [0.1, 0.15) is 19.5 Å². The van der Waals surface area contributed by atoms with Gasteiger partial charge in [-0.3, -0.25) is 5.10 Å². The molecule has 3 heteroatoms. The Morgan fingerprint density at radius 3 is 2.90 bits per heavy atom. The summed E-state index contributed by atoms with van der Waals surface area (Å²) < 4.78 is 0. The van der Waals surface area contributed by atoms with Crippen LogP contribution < -0.4 is 5.32 Å². The van der Waals surface area contributed by atoms with Crippen LogP contribution in [0.5, 0.6) is 0 Å². The first-order valence-electron chi connectivity index (χ1n) is 3.65. The van der Waals surface area contributed by atoms with E-state index in [1.54, 1.807) is 0 Å². The van der Waals surface area contributed by atoms with Crippen molar-refractivity contribution < 1.29 is 0 Å². The van der Waals surface area contributed by atoms with E-state index in [1.165, 1.54) is 5.69 Å². The fourth-order valence-electron chi connectivity index (χ4n) is 0.814. The number of aromatic nitrogens is 2. The van der Waals surface area contributed by atoms with Gasteiger partial charge in [-0.2, -0.15) is 5.10 Å². The molecule has 1 aromatic heterocycles. The third kappa shape index (κ3) is 1.50. The molecule has 0 aliphatic carbocycles. The van der Waals surface area contributed by atoms with Gasteiger partial charge in [-0.25, -0.2) is 0 Å². The highest BCUT2D eigenvalue weighted by molar-refractivity contribution is 5.34. The predicted molar refractivity (Wildman–Crippen MR) is 42.1 cm³/mol. The second kappa shape index (κ2) is 3.25. The summed E-state index contributed by atoms with van der Waals surface area (Å²) in [6, 6.07) is 2.03. The van der Waals surface area contributed by atoms with Gasteiger partial charge in [0, 0.05) is 18.3 Å². The number of hydrogen-bond donors (Lipinski definition) is 2. The zero-order chi connectivity index (χ0) is 7.40. The van der Waals surface area contributed by atoms with Crippen LogP contribution in [0.15, 0.2) is 6.07 Å². The van der Waals surface area contributed by atoms with Crippen LogP contribution in [0.2, 0.25) is 0 Å². The van der Waals surface area contributed by atoms with Crippen molar-refractivity contribution in [3.05, 3.63) is 11.8 Å². The van der Waals surface area contributed by atoms with E-state index in [-0.39, 0.29) is 0 Å². The second-order valence-corrected chi connectivity index (χ2v) is 2.16. The second-order valence-electron chi connectivity index (χ2n) is 2.16. The summed E-state index contributed by atoms with van der Waals surface area (Å²) in [5.41, 5.74) is 1.18. The van der Waals surface area contributed by atoms with E-state index in [0.29, 0.717) is 0 Å². The number of hydrogen-bond acceptors (Lipinski definition) is 2. The minimum Gasteiger partial charge on any atom is -0.369 e. The fraction of sp³-hybridized carbons (Fsp3) is 0.571. The van der Waals surface area contributed by atoms with Crippen molar-refractivity contribution in [1.29, 1.82) is 0 Å². The Bertz CT molecular complexity index is 192. The summed E-state index contributed by atoms with van der Waals surface area (Å²) in [5, 5.41) is 10.1. The number of H-pyrrole nitrogens is 1. The maximum absolute atomic E-state index is 4.04. The Morgan fingerprint density at radius 2 is 2.40 bits per heavy atom. The van der Waals surface area contributed by atoms with Crippen molar-refractivity contribution in [2.75, 3.05) is 11.9 Å². The van der Waals surface area contributed by atoms with Crippen LogP contribution in [0.4, 0.5) is 5.82 Å². The molecule has 0 bridgehead atoms. The van der Waals surface area contributed by atoms with Crippen molar-refractivity contribution in [3.8, 4) is 0 Å². The van der Waals surface area contributed by atoms with Gasteiger partial charge >= 0.3 is 0 Å². The molecule has 3 nitrogen and oxygen atoms in total. The first-order valence-corrected chi connectivity index (χ1v) is 3.65. The Kier molecular flexibility index (Phi) is 2.31. The molecule has 1 rings (SSSR count). The molecule has 1 heterocycles. The lowest BCUT2D eigenvalue weighted by molar-refractivity contribution is 0.972. The van der Waals surface area contributed by atoms with Crippen LogP contribution in [0, 0.1) is 0 Å². The normalized spacial score (nSPS) is 9.80. The van der Waals surface area contributed by atoms with Gasteiger partial charge < -0.3 is 5.32 Å². The lowest BCUT2D eigenvalue weighted by Gasteiger charge is -1.92. The highest BCUT2D eigenvalue weighted by Crippen LogP contribution is 2.04. The summed E-state index contributed by atoms with van der Waals surface area (Å²) in [7, 11) is 0. The third-order valence-electron chi connectivity index (χ3n) is 1.37. The van der Waals surface area contributed by atoms with Crippen LogP contribution >= 0.6 is 0 Å². The molecular weight excluding hydrogens is 126 g/mol. The van der Waals surface area contributed by atoms with Crippen LogP contribution in [-0.2, 0) is 6.42 Å². The molecule has 0 amide bonds. The smallest absolute Gasteiger partial charge is 0.148 e. The molecule has 0 fully saturated rings. The van der Waals surface area contributed by atoms with E-state index in [2.05, 4.69) is 29.4 Å². The molecule has 56 valence electrons. The topological polar surface area (TPSA) is 40.7 Å². The van der Waals surface area contributed by atoms with Crippen molar-refractivity contribution >= 4 is 5.82 Å². The van der Waals surface area contributed by atoms with Crippen molar-refractivity contribution in [3.63, 3.8) is 0 Å². The number of anilines is 1. The summed E-state index contributed by atoms with van der Waals surface area (Å²) in [6.45, 7) is 5.08. The van der Waals surface area contributed by atoms with Gasteiger partial charge in [0.15, 0.2) is 0 Å². The Balaban J connectivity index is 2.59. The zero-order valence-electron chi connectivity index (χ0n) is 6.44. The van der Waals surface area contributed by atoms with Crippen LogP contribution in [-0.4, -0.2) is 16.7 Å². The monoisotopic (exact) mass is 139 g/mol. The van der Waals surface area contributed by atoms with E-state index >= 15 is 0 Å². The standard InChI is InChI=1S/C7H13N3/c1-3-6-5-7(8-4-2)10-9-6/h5H,3-4H2,1-2H3,(H2,8,9,10). The molecule has 0 unspecified atom stereocenters. The minimum absolute atomic E-state index is 0.925.